The van der Waals surface area contributed by atoms with E-state index in [9.17, 15) is 14.4 Å². The van der Waals surface area contributed by atoms with E-state index in [1.807, 2.05) is 0 Å². The van der Waals surface area contributed by atoms with Gasteiger partial charge in [0.15, 0.2) is 0 Å². The average Bonchev–Trinajstić information content (AvgIpc) is 2.78. The van der Waals surface area contributed by atoms with Crippen molar-refractivity contribution in [1.29, 1.82) is 0 Å². The van der Waals surface area contributed by atoms with Gasteiger partial charge in [0.25, 0.3) is 11.8 Å². The number of hydroxylamine groups is 2. The van der Waals surface area contributed by atoms with Gasteiger partial charge < -0.3 is 4.84 Å². The smallest absolute Gasteiger partial charge is 0.325 e. The second-order valence-corrected chi connectivity index (χ2v) is 4.19. The van der Waals surface area contributed by atoms with Crippen LogP contribution < -0.4 is 0 Å². The summed E-state index contributed by atoms with van der Waals surface area (Å²) in [7, 11) is 0. The first kappa shape index (κ1) is 12.2. The largest absolute Gasteiger partial charge is 0.366 e. The normalized spacial score (nSPS) is 14.9. The van der Waals surface area contributed by atoms with Crippen molar-refractivity contribution in [2.45, 2.75) is 12.8 Å². The van der Waals surface area contributed by atoms with Gasteiger partial charge in [-0.1, -0.05) is 6.07 Å². The van der Waals surface area contributed by atoms with Gasteiger partial charge in [0.05, 0.1) is 11.1 Å². The molecule has 2 amide bonds. The molecule has 0 spiro atoms. The van der Waals surface area contributed by atoms with Crippen LogP contribution in [0.4, 0.5) is 0 Å². The summed E-state index contributed by atoms with van der Waals surface area (Å²) in [6.07, 6.45) is 3.07. The van der Waals surface area contributed by atoms with E-state index in [-0.39, 0.29) is 18.4 Å². The molecule has 1 fully saturated rings. The van der Waals surface area contributed by atoms with E-state index in [2.05, 4.69) is 9.97 Å². The lowest BCUT2D eigenvalue weighted by Gasteiger charge is -2.12. The van der Waals surface area contributed by atoms with Crippen LogP contribution in [0.5, 0.6) is 0 Å². The number of imide groups is 1. The number of benzene rings is 1. The van der Waals surface area contributed by atoms with Crippen LogP contribution >= 0.6 is 0 Å². The molecule has 20 heavy (non-hydrogen) atoms. The Morgan fingerprint density at radius 3 is 2.55 bits per heavy atom. The summed E-state index contributed by atoms with van der Waals surface area (Å²) in [4.78, 5) is 47.9. The highest BCUT2D eigenvalue weighted by Gasteiger charge is 2.33. The van der Waals surface area contributed by atoms with Gasteiger partial charge in [-0.05, 0) is 12.1 Å². The number of para-hydroxylation sites is 1. The molecule has 1 aliphatic heterocycles. The number of fused-ring (bicyclic) bond motifs is 1. The lowest BCUT2D eigenvalue weighted by Crippen LogP contribution is -2.32. The number of amides is 2. The second-order valence-electron chi connectivity index (χ2n) is 4.19. The fourth-order valence-corrected chi connectivity index (χ4v) is 1.95. The van der Waals surface area contributed by atoms with Crippen molar-refractivity contribution in [3.63, 3.8) is 0 Å². The van der Waals surface area contributed by atoms with Gasteiger partial charge in [-0.25, -0.2) is 4.79 Å². The zero-order valence-corrected chi connectivity index (χ0v) is 10.3. The number of nitrogens with zero attached hydrogens (tertiary/aromatic N) is 3. The van der Waals surface area contributed by atoms with Crippen molar-refractivity contribution in [3.8, 4) is 0 Å². The number of carbonyl (C=O) groups is 3. The molecule has 0 saturated carbocycles. The molecule has 1 aromatic heterocycles. The SMILES string of the molecule is O=C(ON1C(=O)CCC1=O)c1cccc2nccnc12. The molecule has 2 aromatic rings. The molecule has 0 N–H and O–H groups in total. The molecule has 7 nitrogen and oxygen atoms in total. The van der Waals surface area contributed by atoms with E-state index in [1.165, 1.54) is 18.5 Å². The molecule has 0 aliphatic carbocycles. The lowest BCUT2D eigenvalue weighted by atomic mass is 10.2. The van der Waals surface area contributed by atoms with Gasteiger partial charge in [-0.3, -0.25) is 19.6 Å². The summed E-state index contributed by atoms with van der Waals surface area (Å²) < 4.78 is 0. The molecule has 1 aromatic carbocycles. The number of carbonyl (C=O) groups excluding carboxylic acids is 3. The van der Waals surface area contributed by atoms with Crippen molar-refractivity contribution >= 4 is 28.8 Å². The molecule has 1 saturated heterocycles. The van der Waals surface area contributed by atoms with Crippen molar-refractivity contribution in [3.05, 3.63) is 36.2 Å². The molecule has 100 valence electrons. The minimum Gasteiger partial charge on any atom is -0.325 e. The Labute approximate surface area is 113 Å². The fourth-order valence-electron chi connectivity index (χ4n) is 1.95. The maximum Gasteiger partial charge on any atom is 0.366 e. The summed E-state index contributed by atoms with van der Waals surface area (Å²) in [5, 5.41) is 0.511. The summed E-state index contributed by atoms with van der Waals surface area (Å²) in [5.41, 5.74) is 1.04. The molecule has 0 bridgehead atoms. The standard InChI is InChI=1S/C13H9N3O4/c17-10-4-5-11(18)16(10)20-13(19)8-2-1-3-9-12(8)15-7-6-14-9/h1-3,6-7H,4-5H2. The second kappa shape index (κ2) is 4.69. The van der Waals surface area contributed by atoms with Crippen LogP contribution in [0, 0.1) is 0 Å². The van der Waals surface area contributed by atoms with E-state index in [0.29, 0.717) is 16.1 Å². The molecule has 1 aliphatic rings. The predicted octanol–water partition coefficient (Wildman–Crippen LogP) is 0.851. The van der Waals surface area contributed by atoms with Crippen LogP contribution in [0.1, 0.15) is 23.2 Å². The summed E-state index contributed by atoms with van der Waals surface area (Å²) in [5.74, 6) is -1.84. The van der Waals surface area contributed by atoms with Gasteiger partial charge >= 0.3 is 5.97 Å². The fraction of sp³-hybridized carbons (Fsp3) is 0.154. The molecule has 0 radical (unpaired) electrons. The molecule has 3 rings (SSSR count). The minimum absolute atomic E-state index is 0.0570. The topological polar surface area (TPSA) is 89.5 Å². The molecular weight excluding hydrogens is 262 g/mol. The number of rotatable bonds is 2. The molecule has 2 heterocycles. The first-order chi connectivity index (χ1) is 9.66. The van der Waals surface area contributed by atoms with Gasteiger partial charge in [0.1, 0.15) is 5.52 Å². The summed E-state index contributed by atoms with van der Waals surface area (Å²) >= 11 is 0. The van der Waals surface area contributed by atoms with Crippen LogP contribution in [-0.4, -0.2) is 32.8 Å². The Hall–Kier alpha value is -2.83. The van der Waals surface area contributed by atoms with Crippen LogP contribution in [0.2, 0.25) is 0 Å². The van der Waals surface area contributed by atoms with Gasteiger partial charge in [0.2, 0.25) is 0 Å². The highest BCUT2D eigenvalue weighted by molar-refractivity contribution is 6.05. The zero-order chi connectivity index (χ0) is 14.1. The Morgan fingerprint density at radius 1 is 1.10 bits per heavy atom. The third-order valence-corrected chi connectivity index (χ3v) is 2.90. The van der Waals surface area contributed by atoms with E-state index in [4.69, 9.17) is 4.84 Å². The van der Waals surface area contributed by atoms with Crippen molar-refractivity contribution in [2.24, 2.45) is 0 Å². The minimum atomic E-state index is -0.806. The monoisotopic (exact) mass is 271 g/mol. The number of hydrogen-bond acceptors (Lipinski definition) is 6. The maximum absolute atomic E-state index is 12.1. The molecule has 0 unspecified atom stereocenters. The van der Waals surface area contributed by atoms with Crippen molar-refractivity contribution in [1.82, 2.24) is 15.0 Å². The average molecular weight is 271 g/mol. The van der Waals surface area contributed by atoms with Gasteiger partial charge in [-0.2, -0.15) is 0 Å². The number of hydrogen-bond donors (Lipinski definition) is 0. The zero-order valence-electron chi connectivity index (χ0n) is 10.3. The first-order valence-electron chi connectivity index (χ1n) is 5.94. The highest BCUT2D eigenvalue weighted by Crippen LogP contribution is 2.18. The Bertz CT molecular complexity index is 707. The van der Waals surface area contributed by atoms with Crippen molar-refractivity contribution in [2.75, 3.05) is 0 Å². The van der Waals surface area contributed by atoms with Gasteiger partial charge in [-0.15, -0.1) is 5.06 Å². The summed E-state index contributed by atoms with van der Waals surface area (Å²) in [6, 6.07) is 4.83. The van der Waals surface area contributed by atoms with E-state index in [1.54, 1.807) is 12.1 Å². The first-order valence-corrected chi connectivity index (χ1v) is 5.94. The van der Waals surface area contributed by atoms with Gasteiger partial charge in [0, 0.05) is 25.2 Å². The van der Waals surface area contributed by atoms with Crippen LogP contribution in [0.3, 0.4) is 0 Å². The summed E-state index contributed by atoms with van der Waals surface area (Å²) in [6.45, 7) is 0. The highest BCUT2D eigenvalue weighted by atomic mass is 16.7. The number of aromatic nitrogens is 2. The maximum atomic E-state index is 12.1. The molecular formula is C13H9N3O4. The lowest BCUT2D eigenvalue weighted by molar-refractivity contribution is -0.172. The van der Waals surface area contributed by atoms with Crippen molar-refractivity contribution < 1.29 is 19.2 Å². The molecule has 7 heteroatoms. The van der Waals surface area contributed by atoms with Crippen LogP contribution in [-0.2, 0) is 14.4 Å². The quantitative estimate of drug-likeness (QED) is 0.752. The third-order valence-electron chi connectivity index (χ3n) is 2.90. The van der Waals surface area contributed by atoms with E-state index < -0.39 is 17.8 Å². The van der Waals surface area contributed by atoms with E-state index in [0.717, 1.165) is 0 Å². The Morgan fingerprint density at radius 2 is 1.80 bits per heavy atom. The van der Waals surface area contributed by atoms with Crippen LogP contribution in [0.15, 0.2) is 30.6 Å². The Balaban J connectivity index is 1.93. The molecule has 0 atom stereocenters. The Kier molecular flexibility index (Phi) is 2.86. The van der Waals surface area contributed by atoms with Crippen LogP contribution in [0.25, 0.3) is 11.0 Å². The third kappa shape index (κ3) is 1.99. The van der Waals surface area contributed by atoms with E-state index >= 15 is 0 Å². The predicted molar refractivity (Wildman–Crippen MR) is 66.0 cm³/mol.